The van der Waals surface area contributed by atoms with E-state index < -0.39 is 0 Å². The van der Waals surface area contributed by atoms with Crippen LogP contribution in [0, 0.1) is 18.3 Å². The lowest BCUT2D eigenvalue weighted by Crippen LogP contribution is -2.27. The van der Waals surface area contributed by atoms with Gasteiger partial charge in [0.25, 0.3) is 5.91 Å². The number of nitrogens with zero attached hydrogens (tertiary/aromatic N) is 1. The summed E-state index contributed by atoms with van der Waals surface area (Å²) < 4.78 is 0. The number of nitrogens with one attached hydrogen (secondary N) is 2. The first-order valence-electron chi connectivity index (χ1n) is 7.44. The summed E-state index contributed by atoms with van der Waals surface area (Å²) in [6.07, 6.45) is 2.17. The summed E-state index contributed by atoms with van der Waals surface area (Å²) in [6.45, 7) is 2.47. The number of carbonyl (C=O) groups excluding carboxylic acids is 1. The molecule has 0 heterocycles. The Morgan fingerprint density at radius 2 is 1.96 bits per heavy atom. The Labute approximate surface area is 136 Å². The molecule has 0 aliphatic rings. The number of carbonyl (C=O) groups is 1. The monoisotopic (exact) mass is 305 g/mol. The van der Waals surface area contributed by atoms with E-state index in [1.54, 1.807) is 0 Å². The fraction of sp³-hybridized carbons (Fsp3) is 0.158. The minimum absolute atomic E-state index is 0.0552. The van der Waals surface area contributed by atoms with E-state index in [1.165, 1.54) is 6.20 Å². The molecule has 0 aliphatic carbocycles. The van der Waals surface area contributed by atoms with Gasteiger partial charge in [0.15, 0.2) is 0 Å². The van der Waals surface area contributed by atoms with Crippen LogP contribution in [0.25, 0.3) is 0 Å². The second-order valence-corrected chi connectivity index (χ2v) is 5.18. The molecule has 4 nitrogen and oxygen atoms in total. The quantitative estimate of drug-likeness (QED) is 0.636. The topological polar surface area (TPSA) is 64.9 Å². The number of rotatable bonds is 6. The van der Waals surface area contributed by atoms with Crippen LogP contribution >= 0.6 is 0 Å². The molecule has 0 aliphatic heterocycles. The summed E-state index contributed by atoms with van der Waals surface area (Å²) in [7, 11) is 0. The first-order chi connectivity index (χ1) is 11.2. The van der Waals surface area contributed by atoms with Crippen molar-refractivity contribution in [3.63, 3.8) is 0 Å². The Hall–Kier alpha value is -3.06. The highest BCUT2D eigenvalue weighted by molar-refractivity contribution is 5.97. The van der Waals surface area contributed by atoms with Gasteiger partial charge in [-0.1, -0.05) is 42.5 Å². The molecule has 0 bridgehead atoms. The van der Waals surface area contributed by atoms with Crippen molar-refractivity contribution in [1.29, 1.82) is 5.26 Å². The number of hydrogen-bond donors (Lipinski definition) is 2. The lowest BCUT2D eigenvalue weighted by molar-refractivity contribution is -0.117. The third-order valence-electron chi connectivity index (χ3n) is 3.31. The SMILES string of the molecule is Cc1cccc(N/C=C(/C#N)C(=O)NCCc2ccccc2)c1. The number of nitriles is 1. The van der Waals surface area contributed by atoms with Gasteiger partial charge in [-0.05, 0) is 36.6 Å². The van der Waals surface area contributed by atoms with Crippen LogP contribution in [0.4, 0.5) is 5.69 Å². The van der Waals surface area contributed by atoms with Gasteiger partial charge in [-0.25, -0.2) is 0 Å². The van der Waals surface area contributed by atoms with Crippen molar-refractivity contribution in [1.82, 2.24) is 5.32 Å². The van der Waals surface area contributed by atoms with Crippen molar-refractivity contribution >= 4 is 11.6 Å². The largest absolute Gasteiger partial charge is 0.360 e. The van der Waals surface area contributed by atoms with Crippen molar-refractivity contribution in [3.8, 4) is 6.07 Å². The molecule has 0 spiro atoms. The van der Waals surface area contributed by atoms with Crippen LogP contribution in [0.15, 0.2) is 66.4 Å². The zero-order valence-electron chi connectivity index (χ0n) is 13.0. The molecule has 0 atom stereocenters. The van der Waals surface area contributed by atoms with Crippen LogP contribution in [-0.2, 0) is 11.2 Å². The van der Waals surface area contributed by atoms with Crippen molar-refractivity contribution in [2.24, 2.45) is 0 Å². The van der Waals surface area contributed by atoms with E-state index >= 15 is 0 Å². The van der Waals surface area contributed by atoms with Gasteiger partial charge in [-0.2, -0.15) is 5.26 Å². The predicted molar refractivity (Wildman–Crippen MR) is 91.7 cm³/mol. The molecule has 0 saturated carbocycles. The van der Waals surface area contributed by atoms with E-state index in [9.17, 15) is 4.79 Å². The summed E-state index contributed by atoms with van der Waals surface area (Å²) in [5.74, 6) is -0.372. The second kappa shape index (κ2) is 8.40. The van der Waals surface area contributed by atoms with Crippen molar-refractivity contribution in [2.75, 3.05) is 11.9 Å². The smallest absolute Gasteiger partial charge is 0.263 e. The molecule has 0 saturated heterocycles. The maximum atomic E-state index is 12.0. The van der Waals surface area contributed by atoms with Crippen LogP contribution in [0.1, 0.15) is 11.1 Å². The fourth-order valence-corrected chi connectivity index (χ4v) is 2.10. The van der Waals surface area contributed by atoms with Gasteiger partial charge in [0.05, 0.1) is 0 Å². The van der Waals surface area contributed by atoms with E-state index in [1.807, 2.05) is 67.6 Å². The third kappa shape index (κ3) is 5.33. The van der Waals surface area contributed by atoms with Gasteiger partial charge in [0, 0.05) is 18.4 Å². The highest BCUT2D eigenvalue weighted by Crippen LogP contribution is 2.10. The molecule has 2 aromatic carbocycles. The van der Waals surface area contributed by atoms with Gasteiger partial charge in [-0.15, -0.1) is 0 Å². The summed E-state index contributed by atoms with van der Waals surface area (Å²) in [4.78, 5) is 12.0. The second-order valence-electron chi connectivity index (χ2n) is 5.18. The standard InChI is InChI=1S/C19H19N3O/c1-15-6-5-9-18(12-15)22-14-17(13-20)19(23)21-11-10-16-7-3-2-4-8-16/h2-9,12,14,22H,10-11H2,1H3,(H,21,23)/b17-14-. The number of benzene rings is 2. The third-order valence-corrected chi connectivity index (χ3v) is 3.31. The van der Waals surface area contributed by atoms with Crippen LogP contribution in [0.2, 0.25) is 0 Å². The van der Waals surface area contributed by atoms with E-state index in [2.05, 4.69) is 10.6 Å². The predicted octanol–water partition coefficient (Wildman–Crippen LogP) is 3.17. The van der Waals surface area contributed by atoms with E-state index in [-0.39, 0.29) is 11.5 Å². The maximum Gasteiger partial charge on any atom is 0.263 e. The Kier molecular flexibility index (Phi) is 5.96. The van der Waals surface area contributed by atoms with Gasteiger partial charge >= 0.3 is 0 Å². The van der Waals surface area contributed by atoms with Gasteiger partial charge in [-0.3, -0.25) is 4.79 Å². The maximum absolute atomic E-state index is 12.0. The average molecular weight is 305 g/mol. The lowest BCUT2D eigenvalue weighted by Gasteiger charge is -2.06. The number of amides is 1. The Morgan fingerprint density at radius 1 is 1.17 bits per heavy atom. The van der Waals surface area contributed by atoms with E-state index in [0.29, 0.717) is 6.54 Å². The minimum atomic E-state index is -0.372. The van der Waals surface area contributed by atoms with Crippen molar-refractivity contribution in [3.05, 3.63) is 77.5 Å². The summed E-state index contributed by atoms with van der Waals surface area (Å²) in [6, 6.07) is 19.5. The molecule has 0 unspecified atom stereocenters. The first kappa shape index (κ1) is 16.3. The normalized spacial score (nSPS) is 10.7. The molecule has 0 aromatic heterocycles. The Bertz CT molecular complexity index is 730. The Morgan fingerprint density at radius 3 is 2.65 bits per heavy atom. The average Bonchev–Trinajstić information content (AvgIpc) is 2.56. The molecule has 0 fully saturated rings. The number of aryl methyl sites for hydroxylation is 1. The molecule has 1 amide bonds. The number of hydrogen-bond acceptors (Lipinski definition) is 3. The zero-order chi connectivity index (χ0) is 16.5. The Balaban J connectivity index is 1.88. The molecular weight excluding hydrogens is 286 g/mol. The van der Waals surface area contributed by atoms with Crippen LogP contribution in [0.3, 0.4) is 0 Å². The highest BCUT2D eigenvalue weighted by atomic mass is 16.1. The molecule has 4 heteroatoms. The van der Waals surface area contributed by atoms with Gasteiger partial charge < -0.3 is 10.6 Å². The molecular formula is C19H19N3O. The summed E-state index contributed by atoms with van der Waals surface area (Å²) in [5.41, 5.74) is 3.15. The molecule has 2 rings (SSSR count). The van der Waals surface area contributed by atoms with Crippen LogP contribution < -0.4 is 10.6 Å². The molecule has 2 aromatic rings. The fourth-order valence-electron chi connectivity index (χ4n) is 2.10. The van der Waals surface area contributed by atoms with E-state index in [4.69, 9.17) is 5.26 Å². The van der Waals surface area contributed by atoms with Crippen LogP contribution in [-0.4, -0.2) is 12.5 Å². The van der Waals surface area contributed by atoms with Crippen LogP contribution in [0.5, 0.6) is 0 Å². The minimum Gasteiger partial charge on any atom is -0.360 e. The molecule has 23 heavy (non-hydrogen) atoms. The number of anilines is 1. The first-order valence-corrected chi connectivity index (χ1v) is 7.44. The summed E-state index contributed by atoms with van der Waals surface area (Å²) >= 11 is 0. The van der Waals surface area contributed by atoms with E-state index in [0.717, 1.165) is 23.2 Å². The molecule has 116 valence electrons. The molecule has 0 radical (unpaired) electrons. The van der Waals surface area contributed by atoms with Gasteiger partial charge in [0.2, 0.25) is 0 Å². The zero-order valence-corrected chi connectivity index (χ0v) is 13.0. The molecule has 2 N–H and O–H groups in total. The van der Waals surface area contributed by atoms with Gasteiger partial charge in [0.1, 0.15) is 11.6 Å². The van der Waals surface area contributed by atoms with Crippen molar-refractivity contribution in [2.45, 2.75) is 13.3 Å². The summed E-state index contributed by atoms with van der Waals surface area (Å²) in [5, 5.41) is 14.9. The lowest BCUT2D eigenvalue weighted by atomic mass is 10.1. The highest BCUT2D eigenvalue weighted by Gasteiger charge is 2.07. The van der Waals surface area contributed by atoms with Crippen molar-refractivity contribution < 1.29 is 4.79 Å².